The van der Waals surface area contributed by atoms with Gasteiger partial charge in [0.1, 0.15) is 0 Å². The monoisotopic (exact) mass is 474 g/mol. The Morgan fingerprint density at radius 3 is 2.52 bits per heavy atom. The third-order valence-corrected chi connectivity index (χ3v) is 8.11. The van der Waals surface area contributed by atoms with Gasteiger partial charge in [0.2, 0.25) is 10.0 Å². The summed E-state index contributed by atoms with van der Waals surface area (Å²) in [5.41, 5.74) is 4.59. The van der Waals surface area contributed by atoms with Gasteiger partial charge in [-0.25, -0.2) is 17.5 Å². The Balaban J connectivity index is 1.51. The van der Waals surface area contributed by atoms with Gasteiger partial charge in [0.25, 0.3) is 0 Å². The molecule has 0 aromatic heterocycles. The molecule has 0 saturated carbocycles. The second-order valence-electron chi connectivity index (χ2n) is 8.79. The number of nitrogens with zero attached hydrogens (tertiary/aromatic N) is 1. The van der Waals surface area contributed by atoms with Crippen molar-refractivity contribution in [3.05, 3.63) is 70.8 Å². The van der Waals surface area contributed by atoms with Crippen LogP contribution in [0.4, 0.5) is 4.79 Å². The predicted octanol–water partition coefficient (Wildman–Crippen LogP) is 3.88. The fraction of sp³-hybridized carbons (Fsp3) is 0.480. The molecule has 2 aromatic carbocycles. The van der Waals surface area contributed by atoms with E-state index in [1.807, 2.05) is 30.3 Å². The Labute approximate surface area is 196 Å². The van der Waals surface area contributed by atoms with Gasteiger partial charge in [-0.05, 0) is 56.2 Å². The van der Waals surface area contributed by atoms with Crippen LogP contribution < -0.4 is 5.32 Å². The van der Waals surface area contributed by atoms with Crippen molar-refractivity contribution in [1.82, 2.24) is 9.62 Å². The quantitative estimate of drug-likeness (QED) is 0.545. The van der Waals surface area contributed by atoms with Crippen LogP contribution in [0.2, 0.25) is 0 Å². The lowest BCUT2D eigenvalue weighted by atomic mass is 10.1. The van der Waals surface area contributed by atoms with Crippen molar-refractivity contribution in [2.24, 2.45) is 0 Å². The third-order valence-electron chi connectivity index (χ3n) is 6.14. The molecule has 1 fully saturated rings. The highest BCUT2D eigenvalue weighted by Gasteiger charge is 2.31. The minimum Gasteiger partial charge on any atom is -0.465 e. The Kier molecular flexibility index (Phi) is 8.88. The number of hydrogen-bond acceptors (Lipinski definition) is 4. The topological polar surface area (TPSA) is 95.9 Å². The number of benzene rings is 2. The zero-order valence-corrected chi connectivity index (χ0v) is 20.2. The maximum atomic E-state index is 13.0. The van der Waals surface area contributed by atoms with Crippen LogP contribution in [-0.4, -0.2) is 54.9 Å². The minimum atomic E-state index is -3.58. The number of carboxylic acid groups (broad SMARTS) is 1. The zero-order chi connectivity index (χ0) is 23.8. The van der Waals surface area contributed by atoms with E-state index >= 15 is 0 Å². The molecule has 1 heterocycles. The standard InChI is InChI=1S/C25H34N2O5S/c1-19-8-9-20(2)22(16-19)17-32-24-12-14-27(15-13-24)33(30,31)18-23(26-25(28)29)11-10-21-6-4-3-5-7-21/h3-9,16,23-24,26H,10-15,17-18H2,1-2H3,(H,28,29)/t23-/m1/s1. The van der Waals surface area contributed by atoms with Crippen molar-refractivity contribution < 1.29 is 23.1 Å². The molecule has 0 bridgehead atoms. The molecule has 180 valence electrons. The summed E-state index contributed by atoms with van der Waals surface area (Å²) in [4.78, 5) is 11.2. The first-order valence-corrected chi connectivity index (χ1v) is 13.0. The van der Waals surface area contributed by atoms with Gasteiger partial charge >= 0.3 is 6.09 Å². The van der Waals surface area contributed by atoms with Crippen LogP contribution >= 0.6 is 0 Å². The average Bonchev–Trinajstić information content (AvgIpc) is 2.78. The predicted molar refractivity (Wildman–Crippen MR) is 129 cm³/mol. The van der Waals surface area contributed by atoms with Gasteiger partial charge in [-0.3, -0.25) is 0 Å². The molecule has 1 amide bonds. The first-order valence-electron chi connectivity index (χ1n) is 11.4. The molecule has 33 heavy (non-hydrogen) atoms. The first kappa shape index (κ1) is 25.2. The molecule has 8 heteroatoms. The summed E-state index contributed by atoms with van der Waals surface area (Å²) in [5.74, 6) is -0.236. The van der Waals surface area contributed by atoms with E-state index in [1.165, 1.54) is 15.4 Å². The summed E-state index contributed by atoms with van der Waals surface area (Å²) >= 11 is 0. The van der Waals surface area contributed by atoms with Gasteiger partial charge in [0, 0.05) is 19.1 Å². The molecule has 3 rings (SSSR count). The van der Waals surface area contributed by atoms with Crippen LogP contribution in [0.1, 0.15) is 41.5 Å². The normalized spacial score (nSPS) is 16.4. The highest BCUT2D eigenvalue weighted by atomic mass is 32.2. The van der Waals surface area contributed by atoms with E-state index in [1.54, 1.807) is 0 Å². The maximum absolute atomic E-state index is 13.0. The fourth-order valence-corrected chi connectivity index (χ4v) is 5.89. The highest BCUT2D eigenvalue weighted by molar-refractivity contribution is 7.89. The smallest absolute Gasteiger partial charge is 0.404 e. The van der Waals surface area contributed by atoms with E-state index in [0.29, 0.717) is 45.4 Å². The van der Waals surface area contributed by atoms with Crippen LogP contribution in [0, 0.1) is 13.8 Å². The lowest BCUT2D eigenvalue weighted by molar-refractivity contribution is 0.00996. The number of rotatable bonds is 10. The third kappa shape index (κ3) is 7.84. The molecule has 2 N–H and O–H groups in total. The molecule has 0 unspecified atom stereocenters. The molecule has 1 saturated heterocycles. The maximum Gasteiger partial charge on any atom is 0.404 e. The molecule has 0 aliphatic carbocycles. The van der Waals surface area contributed by atoms with Gasteiger partial charge in [-0.2, -0.15) is 0 Å². The van der Waals surface area contributed by atoms with Gasteiger partial charge in [-0.15, -0.1) is 0 Å². The van der Waals surface area contributed by atoms with Crippen molar-refractivity contribution in [1.29, 1.82) is 0 Å². The summed E-state index contributed by atoms with van der Waals surface area (Å²) in [6.45, 7) is 5.41. The van der Waals surface area contributed by atoms with E-state index in [2.05, 4.69) is 37.4 Å². The number of piperidine rings is 1. The lowest BCUT2D eigenvalue weighted by Gasteiger charge is -2.32. The number of amides is 1. The molecule has 1 atom stereocenters. The van der Waals surface area contributed by atoms with Gasteiger partial charge in [0.05, 0.1) is 18.5 Å². The number of hydrogen-bond donors (Lipinski definition) is 2. The molecule has 7 nitrogen and oxygen atoms in total. The molecule has 0 spiro atoms. The molecular weight excluding hydrogens is 440 g/mol. The summed E-state index contributed by atoms with van der Waals surface area (Å²) in [5, 5.41) is 11.6. The molecule has 1 aliphatic heterocycles. The first-order chi connectivity index (χ1) is 15.7. The number of aryl methyl sites for hydroxylation is 3. The van der Waals surface area contributed by atoms with Crippen LogP contribution in [0.15, 0.2) is 48.5 Å². The molecule has 2 aromatic rings. The Morgan fingerprint density at radius 2 is 1.85 bits per heavy atom. The molecule has 0 radical (unpaired) electrons. The van der Waals surface area contributed by atoms with Crippen molar-refractivity contribution in [2.75, 3.05) is 18.8 Å². The van der Waals surface area contributed by atoms with Gasteiger partial charge in [0.15, 0.2) is 0 Å². The van der Waals surface area contributed by atoms with Crippen LogP contribution in [0.25, 0.3) is 0 Å². The SMILES string of the molecule is Cc1ccc(C)c(COC2CCN(S(=O)(=O)C[C@@H](CCc3ccccc3)NC(=O)O)CC2)c1. The van der Waals surface area contributed by atoms with E-state index in [4.69, 9.17) is 4.74 Å². The summed E-state index contributed by atoms with van der Waals surface area (Å²) in [6.07, 6.45) is 1.10. The highest BCUT2D eigenvalue weighted by Crippen LogP contribution is 2.21. The minimum absolute atomic E-state index is 0.0161. The Hall–Kier alpha value is -2.42. The number of nitrogens with one attached hydrogen (secondary N) is 1. The van der Waals surface area contributed by atoms with Crippen LogP contribution in [0.3, 0.4) is 0 Å². The van der Waals surface area contributed by atoms with E-state index in [0.717, 1.165) is 11.1 Å². The van der Waals surface area contributed by atoms with Gasteiger partial charge < -0.3 is 15.2 Å². The lowest BCUT2D eigenvalue weighted by Crippen LogP contribution is -2.47. The second-order valence-corrected chi connectivity index (χ2v) is 10.8. The average molecular weight is 475 g/mol. The van der Waals surface area contributed by atoms with Gasteiger partial charge in [-0.1, -0.05) is 54.1 Å². The van der Waals surface area contributed by atoms with Crippen LogP contribution in [0.5, 0.6) is 0 Å². The fourth-order valence-electron chi connectivity index (χ4n) is 4.16. The largest absolute Gasteiger partial charge is 0.465 e. The van der Waals surface area contributed by atoms with Crippen molar-refractivity contribution >= 4 is 16.1 Å². The number of carbonyl (C=O) groups is 1. The number of ether oxygens (including phenoxy) is 1. The second kappa shape index (κ2) is 11.6. The Bertz CT molecular complexity index is 1020. The molecular formula is C25H34N2O5S. The Morgan fingerprint density at radius 1 is 1.15 bits per heavy atom. The van der Waals surface area contributed by atoms with Crippen molar-refractivity contribution in [2.45, 2.75) is 58.3 Å². The van der Waals surface area contributed by atoms with Crippen molar-refractivity contribution in [3.8, 4) is 0 Å². The summed E-state index contributed by atoms with van der Waals surface area (Å²) in [7, 11) is -3.58. The van der Waals surface area contributed by atoms with E-state index in [-0.39, 0.29) is 11.9 Å². The van der Waals surface area contributed by atoms with E-state index < -0.39 is 22.2 Å². The van der Waals surface area contributed by atoms with Crippen LogP contribution in [-0.2, 0) is 27.8 Å². The number of sulfonamides is 1. The van der Waals surface area contributed by atoms with Crippen molar-refractivity contribution in [3.63, 3.8) is 0 Å². The molecule has 1 aliphatic rings. The zero-order valence-electron chi connectivity index (χ0n) is 19.4. The summed E-state index contributed by atoms with van der Waals surface area (Å²) < 4.78 is 33.6. The van der Waals surface area contributed by atoms with E-state index in [9.17, 15) is 18.3 Å². The summed E-state index contributed by atoms with van der Waals surface area (Å²) in [6, 6.07) is 15.3.